The van der Waals surface area contributed by atoms with Gasteiger partial charge < -0.3 is 0 Å². The topological polar surface area (TPSA) is 20.3 Å². The van der Waals surface area contributed by atoms with Crippen LogP contribution in [-0.4, -0.2) is 16.5 Å². The van der Waals surface area contributed by atoms with Crippen molar-refractivity contribution in [1.29, 1.82) is 0 Å². The van der Waals surface area contributed by atoms with Crippen LogP contribution in [0, 0.1) is 0 Å². The second kappa shape index (κ2) is 7.46. The molecule has 0 bridgehead atoms. The summed E-state index contributed by atoms with van der Waals surface area (Å²) in [5.41, 5.74) is 0.461. The molecule has 1 heterocycles. The molecule has 2 aromatic carbocycles. The number of halogens is 3. The van der Waals surface area contributed by atoms with Gasteiger partial charge in [-0.2, -0.15) is 13.2 Å². The Morgan fingerprint density at radius 1 is 1.15 bits per heavy atom. The fourth-order valence-corrected chi connectivity index (χ4v) is 4.11. The lowest BCUT2D eigenvalue weighted by Crippen LogP contribution is -2.27. The number of carbonyl (C=O) groups excluding carboxylic acids is 1. The fraction of sp³-hybridized carbons (Fsp3) is 0.111. The molecule has 0 atom stereocenters. The number of amides is 1. The molecule has 0 saturated carbocycles. The van der Waals surface area contributed by atoms with E-state index in [0.717, 1.165) is 28.8 Å². The standard InChI is InChI=1S/C18H12F3NOS3/c1-25-14-4-2-3-13(10-14)22-16(23)15(26-17(22)24)9-11-5-7-12(8-6-11)18(19,20)21/h2-10H,1H3/b15-9-. The van der Waals surface area contributed by atoms with Crippen molar-refractivity contribution in [3.63, 3.8) is 0 Å². The van der Waals surface area contributed by atoms with E-state index in [-0.39, 0.29) is 5.91 Å². The van der Waals surface area contributed by atoms with Crippen molar-refractivity contribution >= 4 is 57.7 Å². The van der Waals surface area contributed by atoms with Crippen LogP contribution in [0.15, 0.2) is 58.3 Å². The average Bonchev–Trinajstić information content (AvgIpc) is 2.88. The van der Waals surface area contributed by atoms with Gasteiger partial charge in [0, 0.05) is 4.90 Å². The first kappa shape index (κ1) is 19.0. The molecular formula is C18H12F3NOS3. The number of hydrogen-bond donors (Lipinski definition) is 0. The Labute approximate surface area is 162 Å². The largest absolute Gasteiger partial charge is 0.416 e. The summed E-state index contributed by atoms with van der Waals surface area (Å²) in [6.07, 6.45) is -0.893. The van der Waals surface area contributed by atoms with Crippen molar-refractivity contribution in [2.75, 3.05) is 11.2 Å². The van der Waals surface area contributed by atoms with Gasteiger partial charge in [-0.15, -0.1) is 11.8 Å². The zero-order valence-corrected chi connectivity index (χ0v) is 15.9. The van der Waals surface area contributed by atoms with Crippen LogP contribution in [0.2, 0.25) is 0 Å². The molecule has 8 heteroatoms. The molecule has 2 nitrogen and oxygen atoms in total. The van der Waals surface area contributed by atoms with E-state index >= 15 is 0 Å². The second-order valence-electron chi connectivity index (χ2n) is 5.34. The predicted molar refractivity (Wildman–Crippen MR) is 105 cm³/mol. The van der Waals surface area contributed by atoms with Gasteiger partial charge in [0.1, 0.15) is 0 Å². The maximum atomic E-state index is 12.7. The minimum absolute atomic E-state index is 0.279. The molecule has 0 N–H and O–H groups in total. The summed E-state index contributed by atoms with van der Waals surface area (Å²) in [4.78, 5) is 15.5. The van der Waals surface area contributed by atoms with E-state index < -0.39 is 11.7 Å². The smallest absolute Gasteiger partial charge is 0.268 e. The highest BCUT2D eigenvalue weighted by molar-refractivity contribution is 8.27. The van der Waals surface area contributed by atoms with Gasteiger partial charge in [-0.05, 0) is 48.2 Å². The number of thiocarbonyl (C=S) groups is 1. The third kappa shape index (κ3) is 3.97. The van der Waals surface area contributed by atoms with Gasteiger partial charge in [0.2, 0.25) is 0 Å². The number of anilines is 1. The van der Waals surface area contributed by atoms with Crippen molar-refractivity contribution in [2.24, 2.45) is 0 Å². The molecule has 0 spiro atoms. The van der Waals surface area contributed by atoms with Gasteiger partial charge in [0.25, 0.3) is 5.91 Å². The number of thioether (sulfide) groups is 2. The Bertz CT molecular complexity index is 891. The SMILES string of the molecule is CSc1cccc(N2C(=O)/C(=C/c3ccc(C(F)(F)F)cc3)SC2=S)c1. The van der Waals surface area contributed by atoms with E-state index in [2.05, 4.69) is 0 Å². The van der Waals surface area contributed by atoms with E-state index in [9.17, 15) is 18.0 Å². The average molecular weight is 411 g/mol. The number of benzene rings is 2. The highest BCUT2D eigenvalue weighted by atomic mass is 32.2. The molecule has 3 rings (SSSR count). The van der Waals surface area contributed by atoms with Crippen LogP contribution in [0.3, 0.4) is 0 Å². The number of rotatable bonds is 3. The van der Waals surface area contributed by atoms with Crippen LogP contribution >= 0.6 is 35.7 Å². The van der Waals surface area contributed by atoms with Gasteiger partial charge >= 0.3 is 6.18 Å². The Morgan fingerprint density at radius 2 is 1.85 bits per heavy atom. The summed E-state index contributed by atoms with van der Waals surface area (Å²) in [7, 11) is 0. The molecule has 26 heavy (non-hydrogen) atoms. The molecule has 0 unspecified atom stereocenters. The molecule has 2 aromatic rings. The van der Waals surface area contributed by atoms with E-state index in [1.807, 2.05) is 24.5 Å². The van der Waals surface area contributed by atoms with Crippen molar-refractivity contribution in [2.45, 2.75) is 11.1 Å². The summed E-state index contributed by atoms with van der Waals surface area (Å²) in [6, 6.07) is 12.1. The Kier molecular flexibility index (Phi) is 5.45. The highest BCUT2D eigenvalue weighted by Crippen LogP contribution is 2.37. The normalized spacial score (nSPS) is 16.6. The molecule has 1 aliphatic rings. The molecule has 1 fully saturated rings. The number of alkyl halides is 3. The van der Waals surface area contributed by atoms with Crippen LogP contribution in [0.25, 0.3) is 6.08 Å². The molecule has 1 aliphatic heterocycles. The van der Waals surface area contributed by atoms with E-state index in [1.54, 1.807) is 23.9 Å². The quantitative estimate of drug-likeness (QED) is 0.359. The van der Waals surface area contributed by atoms with Gasteiger partial charge in [0.15, 0.2) is 4.32 Å². The summed E-state index contributed by atoms with van der Waals surface area (Å²) >= 11 is 8.00. The second-order valence-corrected chi connectivity index (χ2v) is 7.89. The lowest BCUT2D eigenvalue weighted by Gasteiger charge is -2.15. The molecule has 1 amide bonds. The molecular weight excluding hydrogens is 399 g/mol. The lowest BCUT2D eigenvalue weighted by molar-refractivity contribution is -0.137. The van der Waals surface area contributed by atoms with Crippen molar-refractivity contribution in [1.82, 2.24) is 0 Å². The van der Waals surface area contributed by atoms with Crippen LogP contribution in [0.5, 0.6) is 0 Å². The van der Waals surface area contributed by atoms with Gasteiger partial charge in [0.05, 0.1) is 16.2 Å². The monoisotopic (exact) mass is 411 g/mol. The third-order valence-electron chi connectivity index (χ3n) is 3.64. The summed E-state index contributed by atoms with van der Waals surface area (Å²) < 4.78 is 38.3. The highest BCUT2D eigenvalue weighted by Gasteiger charge is 2.33. The minimum atomic E-state index is -4.38. The number of nitrogens with zero attached hydrogens (tertiary/aromatic N) is 1. The Balaban J connectivity index is 1.87. The van der Waals surface area contributed by atoms with Crippen LogP contribution in [-0.2, 0) is 11.0 Å². The molecule has 0 radical (unpaired) electrons. The minimum Gasteiger partial charge on any atom is -0.268 e. The van der Waals surface area contributed by atoms with Crippen molar-refractivity contribution in [3.8, 4) is 0 Å². The maximum Gasteiger partial charge on any atom is 0.416 e. The first-order chi connectivity index (χ1) is 12.3. The molecule has 1 saturated heterocycles. The maximum absolute atomic E-state index is 12.7. The van der Waals surface area contributed by atoms with E-state index in [0.29, 0.717) is 20.5 Å². The Hall–Kier alpha value is -1.77. The summed E-state index contributed by atoms with van der Waals surface area (Å²) in [5.74, 6) is -0.279. The molecule has 0 aromatic heterocycles. The number of carbonyl (C=O) groups is 1. The first-order valence-corrected chi connectivity index (χ1v) is 9.84. The molecule has 0 aliphatic carbocycles. The van der Waals surface area contributed by atoms with Crippen molar-refractivity contribution in [3.05, 3.63) is 64.6 Å². The summed E-state index contributed by atoms with van der Waals surface area (Å²) in [5, 5.41) is 0. The summed E-state index contributed by atoms with van der Waals surface area (Å²) in [6.45, 7) is 0. The van der Waals surface area contributed by atoms with Gasteiger partial charge in [-0.1, -0.05) is 42.2 Å². The number of hydrogen-bond acceptors (Lipinski definition) is 4. The van der Waals surface area contributed by atoms with Crippen LogP contribution < -0.4 is 4.90 Å². The third-order valence-corrected chi connectivity index (χ3v) is 5.67. The van der Waals surface area contributed by atoms with E-state index in [1.165, 1.54) is 17.0 Å². The zero-order chi connectivity index (χ0) is 18.9. The van der Waals surface area contributed by atoms with Crippen LogP contribution in [0.1, 0.15) is 11.1 Å². The first-order valence-electron chi connectivity index (χ1n) is 7.39. The zero-order valence-electron chi connectivity index (χ0n) is 13.4. The van der Waals surface area contributed by atoms with Crippen molar-refractivity contribution < 1.29 is 18.0 Å². The Morgan fingerprint density at radius 3 is 2.46 bits per heavy atom. The van der Waals surface area contributed by atoms with Crippen LogP contribution in [0.4, 0.5) is 18.9 Å². The van der Waals surface area contributed by atoms with Gasteiger partial charge in [-0.25, -0.2) is 0 Å². The lowest BCUT2D eigenvalue weighted by atomic mass is 10.1. The molecule has 134 valence electrons. The van der Waals surface area contributed by atoms with E-state index in [4.69, 9.17) is 12.2 Å². The fourth-order valence-electron chi connectivity index (χ4n) is 2.36. The van der Waals surface area contributed by atoms with Gasteiger partial charge in [-0.3, -0.25) is 9.69 Å². The predicted octanol–water partition coefficient (Wildman–Crippen LogP) is 5.83.